The number of nitrogens with zero attached hydrogens (tertiary/aromatic N) is 1. The van der Waals surface area contributed by atoms with E-state index >= 15 is 0 Å². The lowest BCUT2D eigenvalue weighted by molar-refractivity contribution is -0.870. The molecule has 0 aliphatic heterocycles. The van der Waals surface area contributed by atoms with E-state index in [1.807, 2.05) is 21.1 Å². The summed E-state index contributed by atoms with van der Waals surface area (Å²) in [4.78, 5) is 35.1. The molecule has 0 fully saturated rings. The van der Waals surface area contributed by atoms with Crippen LogP contribution in [-0.4, -0.2) is 74.9 Å². The van der Waals surface area contributed by atoms with E-state index in [2.05, 4.69) is 62.5 Å². The van der Waals surface area contributed by atoms with Crippen LogP contribution in [0.4, 0.5) is 0 Å². The summed E-state index contributed by atoms with van der Waals surface area (Å²) in [5.41, 5.74) is 0. The molecule has 0 saturated heterocycles. The lowest BCUT2D eigenvalue weighted by atomic mass is 10.0. The van der Waals surface area contributed by atoms with Crippen molar-refractivity contribution in [2.24, 2.45) is 0 Å². The first kappa shape index (κ1) is 53.0. The molecule has 0 heterocycles. The molecule has 0 aromatic carbocycles. The summed E-state index contributed by atoms with van der Waals surface area (Å²) in [5.74, 6) is -0.811. The quantitative estimate of drug-likeness (QED) is 0.0215. The monoisotopic (exact) mass is 797 g/mol. The van der Waals surface area contributed by atoms with Gasteiger partial charge in [-0.1, -0.05) is 159 Å². The summed E-state index contributed by atoms with van der Waals surface area (Å²) in [6.07, 6.45) is 43.4. The molecule has 0 rings (SSSR count). The van der Waals surface area contributed by atoms with Crippen molar-refractivity contribution in [1.82, 2.24) is 0 Å². The van der Waals surface area contributed by atoms with Crippen molar-refractivity contribution in [3.8, 4) is 0 Å². The smallest absolute Gasteiger partial charge is 0.462 e. The van der Waals surface area contributed by atoms with E-state index in [0.29, 0.717) is 17.4 Å². The predicted molar refractivity (Wildman–Crippen MR) is 229 cm³/mol. The number of allylic oxidation sites excluding steroid dienone is 8. The van der Waals surface area contributed by atoms with Crippen LogP contribution in [-0.2, 0) is 32.7 Å². The molecule has 2 unspecified atom stereocenters. The highest BCUT2D eigenvalue weighted by Crippen LogP contribution is 2.43. The van der Waals surface area contributed by atoms with E-state index in [4.69, 9.17) is 18.5 Å². The SMILES string of the molecule is CC/C=C\C/C=C\C/C=C\C/C=C\CCCCCCCCCCCCCCC(=O)OC(COC(=O)CCCCCCCC)COP(=O)(O)OCC[N+](C)(C)C. The standard InChI is InChI=1S/C45H82NO8P/c1-6-8-10-12-14-15-16-17-18-19-20-21-22-23-24-25-26-27-28-29-30-31-32-34-36-38-45(48)54-43(41-51-44(47)37-35-33-13-11-9-7-2)42-53-55(49,50)52-40-39-46(3,4)5/h8,10,14-15,17-18,20-21,43H,6-7,9,11-13,16,19,22-42H2,1-5H3/p+1/b10-8-,15-14-,18-17-,21-20-. The van der Waals surface area contributed by atoms with Gasteiger partial charge in [0.25, 0.3) is 0 Å². The second kappa shape index (κ2) is 37.5. The molecule has 2 atom stereocenters. The highest BCUT2D eigenvalue weighted by Gasteiger charge is 2.27. The lowest BCUT2D eigenvalue weighted by Gasteiger charge is -2.24. The van der Waals surface area contributed by atoms with Gasteiger partial charge in [-0.2, -0.15) is 0 Å². The van der Waals surface area contributed by atoms with Crippen LogP contribution in [0.3, 0.4) is 0 Å². The molecule has 1 N–H and O–H groups in total. The Kier molecular flexibility index (Phi) is 36.2. The maximum absolute atomic E-state index is 12.6. The number of phosphoric ester groups is 1. The van der Waals surface area contributed by atoms with Crippen LogP contribution < -0.4 is 0 Å². The fraction of sp³-hybridized carbons (Fsp3) is 0.778. The Bertz CT molecular complexity index is 1080. The molecule has 0 spiro atoms. The average molecular weight is 797 g/mol. The molecule has 0 aromatic heterocycles. The first-order valence-corrected chi connectivity index (χ1v) is 23.4. The molecule has 0 aliphatic rings. The number of hydrogen-bond donors (Lipinski definition) is 1. The topological polar surface area (TPSA) is 108 Å². The summed E-state index contributed by atoms with van der Waals surface area (Å²) in [6.45, 7) is 4.23. The van der Waals surface area contributed by atoms with Gasteiger partial charge in [-0.25, -0.2) is 4.57 Å². The largest absolute Gasteiger partial charge is 0.472 e. The first-order valence-electron chi connectivity index (χ1n) is 21.9. The number of ether oxygens (including phenoxy) is 2. The fourth-order valence-electron chi connectivity index (χ4n) is 5.71. The van der Waals surface area contributed by atoms with E-state index in [-0.39, 0.29) is 32.0 Å². The minimum absolute atomic E-state index is 0.0309. The molecule has 10 heteroatoms. The minimum Gasteiger partial charge on any atom is -0.462 e. The lowest BCUT2D eigenvalue weighted by Crippen LogP contribution is -2.37. The molecule has 320 valence electrons. The van der Waals surface area contributed by atoms with E-state index < -0.39 is 26.5 Å². The van der Waals surface area contributed by atoms with Crippen molar-refractivity contribution >= 4 is 19.8 Å². The first-order chi connectivity index (χ1) is 26.5. The maximum atomic E-state index is 12.6. The second-order valence-electron chi connectivity index (χ2n) is 15.7. The summed E-state index contributed by atoms with van der Waals surface area (Å²) in [6, 6.07) is 0. The van der Waals surface area contributed by atoms with Crippen LogP contribution in [0.5, 0.6) is 0 Å². The summed E-state index contributed by atoms with van der Waals surface area (Å²) < 4.78 is 34.1. The highest BCUT2D eigenvalue weighted by molar-refractivity contribution is 7.47. The van der Waals surface area contributed by atoms with E-state index in [0.717, 1.165) is 70.6 Å². The number of rotatable bonds is 39. The number of unbranched alkanes of at least 4 members (excludes halogenated alkanes) is 17. The summed E-state index contributed by atoms with van der Waals surface area (Å²) in [5, 5.41) is 0. The highest BCUT2D eigenvalue weighted by atomic mass is 31.2. The molecule has 0 bridgehead atoms. The Morgan fingerprint density at radius 3 is 1.55 bits per heavy atom. The molecule has 55 heavy (non-hydrogen) atoms. The average Bonchev–Trinajstić information content (AvgIpc) is 3.13. The van der Waals surface area contributed by atoms with Crippen molar-refractivity contribution in [3.05, 3.63) is 48.6 Å². The minimum atomic E-state index is -4.36. The van der Waals surface area contributed by atoms with Gasteiger partial charge in [-0.05, 0) is 51.4 Å². The van der Waals surface area contributed by atoms with Gasteiger partial charge in [0.1, 0.15) is 19.8 Å². The van der Waals surface area contributed by atoms with E-state index in [1.54, 1.807) is 0 Å². The van der Waals surface area contributed by atoms with Crippen molar-refractivity contribution in [2.45, 2.75) is 180 Å². The number of phosphoric acid groups is 1. The van der Waals surface area contributed by atoms with Crippen LogP contribution >= 0.6 is 7.82 Å². The third-order valence-corrected chi connectivity index (χ3v) is 10.1. The second-order valence-corrected chi connectivity index (χ2v) is 17.2. The Labute approximate surface area is 337 Å². The Hall–Kier alpha value is -2.03. The van der Waals surface area contributed by atoms with Crippen LogP contribution in [0.1, 0.15) is 174 Å². The third-order valence-electron chi connectivity index (χ3n) is 9.12. The number of hydrogen-bond acceptors (Lipinski definition) is 7. The molecular formula is C45H83NO8P+. The van der Waals surface area contributed by atoms with Crippen LogP contribution in [0.15, 0.2) is 48.6 Å². The molecule has 0 amide bonds. The Morgan fingerprint density at radius 1 is 0.582 bits per heavy atom. The van der Waals surface area contributed by atoms with Gasteiger partial charge < -0.3 is 18.9 Å². The van der Waals surface area contributed by atoms with Crippen molar-refractivity contribution in [1.29, 1.82) is 0 Å². The van der Waals surface area contributed by atoms with Gasteiger partial charge in [0, 0.05) is 12.8 Å². The molecule has 0 radical (unpaired) electrons. The van der Waals surface area contributed by atoms with Gasteiger partial charge in [-0.3, -0.25) is 18.6 Å². The Balaban J connectivity index is 4.11. The van der Waals surface area contributed by atoms with Gasteiger partial charge in [0.2, 0.25) is 0 Å². The van der Waals surface area contributed by atoms with Crippen molar-refractivity contribution < 1.29 is 42.1 Å². The van der Waals surface area contributed by atoms with E-state index in [1.165, 1.54) is 70.6 Å². The zero-order valence-electron chi connectivity index (χ0n) is 35.9. The molecule has 0 aliphatic carbocycles. The Morgan fingerprint density at radius 2 is 1.04 bits per heavy atom. The van der Waals surface area contributed by atoms with Gasteiger partial charge >= 0.3 is 19.8 Å². The molecular weight excluding hydrogens is 713 g/mol. The third kappa shape index (κ3) is 41.4. The molecule has 0 saturated carbocycles. The normalized spacial score (nSPS) is 14.1. The fourth-order valence-corrected chi connectivity index (χ4v) is 6.45. The van der Waals surface area contributed by atoms with Gasteiger partial charge in [0.05, 0.1) is 27.7 Å². The van der Waals surface area contributed by atoms with Gasteiger partial charge in [-0.15, -0.1) is 0 Å². The zero-order valence-corrected chi connectivity index (χ0v) is 36.8. The zero-order chi connectivity index (χ0) is 40.7. The van der Waals surface area contributed by atoms with Crippen molar-refractivity contribution in [3.63, 3.8) is 0 Å². The van der Waals surface area contributed by atoms with Crippen LogP contribution in [0.25, 0.3) is 0 Å². The van der Waals surface area contributed by atoms with Crippen molar-refractivity contribution in [2.75, 3.05) is 47.5 Å². The van der Waals surface area contributed by atoms with E-state index in [9.17, 15) is 19.0 Å². The number of carbonyl (C=O) groups excluding carboxylic acids is 2. The maximum Gasteiger partial charge on any atom is 0.472 e. The predicted octanol–water partition coefficient (Wildman–Crippen LogP) is 12.3. The molecule has 0 aromatic rings. The number of likely N-dealkylation sites (N-methyl/N-ethyl adjacent to an activating group) is 1. The summed E-state index contributed by atoms with van der Waals surface area (Å²) >= 11 is 0. The molecule has 9 nitrogen and oxygen atoms in total. The number of quaternary nitrogens is 1. The number of carbonyl (C=O) groups is 2. The van der Waals surface area contributed by atoms with Crippen LogP contribution in [0, 0.1) is 0 Å². The van der Waals surface area contributed by atoms with Crippen LogP contribution in [0.2, 0.25) is 0 Å². The van der Waals surface area contributed by atoms with Gasteiger partial charge in [0.15, 0.2) is 6.10 Å². The summed E-state index contributed by atoms with van der Waals surface area (Å²) in [7, 11) is 1.47. The number of esters is 2.